The molecule has 2 aromatic rings. The number of benzene rings is 2. The van der Waals surface area contributed by atoms with Crippen molar-refractivity contribution in [3.8, 4) is 0 Å². The molecule has 1 atom stereocenters. The molecule has 1 unspecified atom stereocenters. The van der Waals surface area contributed by atoms with Gasteiger partial charge >= 0.3 is 5.97 Å². The van der Waals surface area contributed by atoms with Crippen molar-refractivity contribution in [2.24, 2.45) is 5.73 Å². The zero-order valence-corrected chi connectivity index (χ0v) is 10.9. The minimum absolute atomic E-state index is 0.147. The third-order valence-electron chi connectivity index (χ3n) is 2.91. The van der Waals surface area contributed by atoms with Crippen LogP contribution in [-0.4, -0.2) is 17.0 Å². The summed E-state index contributed by atoms with van der Waals surface area (Å²) in [6.07, 6.45) is 0. The van der Waals surface area contributed by atoms with Crippen LogP contribution in [0, 0.1) is 5.82 Å². The van der Waals surface area contributed by atoms with Gasteiger partial charge in [-0.3, -0.25) is 4.79 Å². The number of carbonyl (C=O) groups is 2. The largest absolute Gasteiger partial charge is 0.478 e. The summed E-state index contributed by atoms with van der Waals surface area (Å²) in [7, 11) is 0. The van der Waals surface area contributed by atoms with Crippen molar-refractivity contribution in [2.75, 3.05) is 5.32 Å². The second kappa shape index (κ2) is 6.15. The second-order valence-electron chi connectivity index (χ2n) is 4.38. The van der Waals surface area contributed by atoms with E-state index in [4.69, 9.17) is 10.8 Å². The number of halogens is 1. The summed E-state index contributed by atoms with van der Waals surface area (Å²) in [5.74, 6) is -2.80. The molecule has 108 valence electrons. The lowest BCUT2D eigenvalue weighted by molar-refractivity contribution is -0.117. The molecule has 6 heteroatoms. The predicted octanol–water partition coefficient (Wildman–Crippen LogP) is 2.16. The zero-order chi connectivity index (χ0) is 15.4. The Balaban J connectivity index is 2.13. The first-order valence-electron chi connectivity index (χ1n) is 6.13. The summed E-state index contributed by atoms with van der Waals surface area (Å²) in [5.41, 5.74) is 6.11. The predicted molar refractivity (Wildman–Crippen MR) is 75.4 cm³/mol. The van der Waals surface area contributed by atoms with E-state index in [-0.39, 0.29) is 5.69 Å². The maximum Gasteiger partial charge on any atom is 0.338 e. The van der Waals surface area contributed by atoms with Gasteiger partial charge < -0.3 is 16.2 Å². The molecular formula is C15H13FN2O3. The van der Waals surface area contributed by atoms with Gasteiger partial charge in [-0.1, -0.05) is 30.3 Å². The van der Waals surface area contributed by atoms with Crippen molar-refractivity contribution in [1.29, 1.82) is 0 Å². The number of hydrogen-bond donors (Lipinski definition) is 3. The number of carboxylic acids is 1. The Hall–Kier alpha value is -2.73. The number of hydrogen-bond acceptors (Lipinski definition) is 3. The van der Waals surface area contributed by atoms with Crippen molar-refractivity contribution < 1.29 is 19.1 Å². The quantitative estimate of drug-likeness (QED) is 0.803. The van der Waals surface area contributed by atoms with E-state index in [1.165, 1.54) is 6.07 Å². The van der Waals surface area contributed by atoms with E-state index in [2.05, 4.69) is 5.32 Å². The highest BCUT2D eigenvalue weighted by Crippen LogP contribution is 2.17. The Kier molecular flexibility index (Phi) is 4.30. The molecule has 0 aromatic heterocycles. The lowest BCUT2D eigenvalue weighted by Gasteiger charge is -2.12. The fourth-order valence-electron chi connectivity index (χ4n) is 1.80. The summed E-state index contributed by atoms with van der Waals surface area (Å²) < 4.78 is 13.5. The molecule has 1 amide bonds. The Morgan fingerprint density at radius 2 is 1.81 bits per heavy atom. The maximum absolute atomic E-state index is 13.5. The molecule has 0 aliphatic heterocycles. The average Bonchev–Trinajstić information content (AvgIpc) is 2.47. The molecule has 0 spiro atoms. The first-order chi connectivity index (χ1) is 9.99. The third-order valence-corrected chi connectivity index (χ3v) is 2.91. The third kappa shape index (κ3) is 3.43. The summed E-state index contributed by atoms with van der Waals surface area (Å²) in [5, 5.41) is 11.2. The van der Waals surface area contributed by atoms with Crippen LogP contribution in [0.1, 0.15) is 22.0 Å². The average molecular weight is 288 g/mol. The van der Waals surface area contributed by atoms with E-state index in [1.54, 1.807) is 30.3 Å². The molecule has 5 nitrogen and oxygen atoms in total. The molecule has 0 bridgehead atoms. The molecule has 0 saturated heterocycles. The van der Waals surface area contributed by atoms with Crippen LogP contribution in [0.25, 0.3) is 0 Å². The molecule has 2 rings (SSSR count). The van der Waals surface area contributed by atoms with E-state index in [0.717, 1.165) is 12.1 Å². The second-order valence-corrected chi connectivity index (χ2v) is 4.38. The van der Waals surface area contributed by atoms with Crippen LogP contribution < -0.4 is 11.1 Å². The first-order valence-corrected chi connectivity index (χ1v) is 6.13. The molecule has 0 saturated carbocycles. The van der Waals surface area contributed by atoms with Crippen molar-refractivity contribution >= 4 is 17.6 Å². The van der Waals surface area contributed by atoms with Gasteiger partial charge in [-0.25, -0.2) is 9.18 Å². The zero-order valence-electron chi connectivity index (χ0n) is 10.9. The molecule has 21 heavy (non-hydrogen) atoms. The lowest BCUT2D eigenvalue weighted by atomic mass is 10.1. The number of nitrogens with one attached hydrogen (secondary N) is 1. The fraction of sp³-hybridized carbons (Fsp3) is 0.0667. The van der Waals surface area contributed by atoms with Gasteiger partial charge in [0.05, 0.1) is 5.56 Å². The van der Waals surface area contributed by atoms with Crippen molar-refractivity contribution in [1.82, 2.24) is 0 Å². The SMILES string of the molecule is NC(C(=O)Nc1ccc(C(=O)O)c(F)c1)c1ccccc1. The summed E-state index contributed by atoms with van der Waals surface area (Å²) in [4.78, 5) is 22.7. The van der Waals surface area contributed by atoms with Crippen LogP contribution in [0.2, 0.25) is 0 Å². The minimum Gasteiger partial charge on any atom is -0.478 e. The van der Waals surface area contributed by atoms with Crippen molar-refractivity contribution in [2.45, 2.75) is 6.04 Å². The molecular weight excluding hydrogens is 275 g/mol. The van der Waals surface area contributed by atoms with Gasteiger partial charge in [0, 0.05) is 5.69 Å². The highest BCUT2D eigenvalue weighted by molar-refractivity contribution is 5.96. The van der Waals surface area contributed by atoms with E-state index in [0.29, 0.717) is 5.56 Å². The summed E-state index contributed by atoms with van der Waals surface area (Å²) in [6.45, 7) is 0. The minimum atomic E-state index is -1.37. The van der Waals surface area contributed by atoms with Gasteiger partial charge in [0.15, 0.2) is 0 Å². The summed E-state index contributed by atoms with van der Waals surface area (Å²) in [6, 6.07) is 11.2. The van der Waals surface area contributed by atoms with Gasteiger partial charge in [-0.05, 0) is 23.8 Å². The normalized spacial score (nSPS) is 11.7. The van der Waals surface area contributed by atoms with Gasteiger partial charge in [0.25, 0.3) is 0 Å². The number of anilines is 1. The van der Waals surface area contributed by atoms with Crippen LogP contribution in [0.4, 0.5) is 10.1 Å². The van der Waals surface area contributed by atoms with Gasteiger partial charge in [-0.15, -0.1) is 0 Å². The number of carbonyl (C=O) groups excluding carboxylic acids is 1. The van der Waals surface area contributed by atoms with Crippen LogP contribution in [0.3, 0.4) is 0 Å². The molecule has 0 heterocycles. The molecule has 0 radical (unpaired) electrons. The van der Waals surface area contributed by atoms with Gasteiger partial charge in [0.1, 0.15) is 11.9 Å². The summed E-state index contributed by atoms with van der Waals surface area (Å²) >= 11 is 0. The topological polar surface area (TPSA) is 92.4 Å². The van der Waals surface area contributed by atoms with Crippen molar-refractivity contribution in [3.63, 3.8) is 0 Å². The Morgan fingerprint density at radius 1 is 1.14 bits per heavy atom. The Labute approximate surface area is 120 Å². The van der Waals surface area contributed by atoms with Crippen LogP contribution in [0.15, 0.2) is 48.5 Å². The van der Waals surface area contributed by atoms with E-state index < -0.39 is 29.3 Å². The highest BCUT2D eigenvalue weighted by atomic mass is 19.1. The van der Waals surface area contributed by atoms with Crippen LogP contribution >= 0.6 is 0 Å². The smallest absolute Gasteiger partial charge is 0.338 e. The van der Waals surface area contributed by atoms with Gasteiger partial charge in [0.2, 0.25) is 5.91 Å². The van der Waals surface area contributed by atoms with E-state index in [9.17, 15) is 14.0 Å². The first kappa shape index (κ1) is 14.7. The molecule has 4 N–H and O–H groups in total. The maximum atomic E-state index is 13.5. The number of nitrogens with two attached hydrogens (primary N) is 1. The monoisotopic (exact) mass is 288 g/mol. The standard InChI is InChI=1S/C15H13FN2O3/c16-12-8-10(6-7-11(12)15(20)21)18-14(19)13(17)9-4-2-1-3-5-9/h1-8,13H,17H2,(H,18,19)(H,20,21). The van der Waals surface area contributed by atoms with Crippen molar-refractivity contribution in [3.05, 3.63) is 65.5 Å². The lowest BCUT2D eigenvalue weighted by Crippen LogP contribution is -2.27. The Bertz CT molecular complexity index is 674. The number of rotatable bonds is 4. The number of carboxylic acid groups (broad SMARTS) is 1. The van der Waals surface area contributed by atoms with E-state index >= 15 is 0 Å². The number of aromatic carboxylic acids is 1. The molecule has 0 aliphatic rings. The Morgan fingerprint density at radius 3 is 2.38 bits per heavy atom. The van der Waals surface area contributed by atoms with Crippen LogP contribution in [0.5, 0.6) is 0 Å². The van der Waals surface area contributed by atoms with Gasteiger partial charge in [-0.2, -0.15) is 0 Å². The number of amides is 1. The molecule has 0 fully saturated rings. The molecule has 0 aliphatic carbocycles. The highest BCUT2D eigenvalue weighted by Gasteiger charge is 2.17. The van der Waals surface area contributed by atoms with E-state index in [1.807, 2.05) is 0 Å². The molecule has 2 aromatic carbocycles. The fourth-order valence-corrected chi connectivity index (χ4v) is 1.80. The van der Waals surface area contributed by atoms with Crippen LogP contribution in [-0.2, 0) is 4.79 Å².